The normalized spacial score (nSPS) is 16.4. The van der Waals surface area contributed by atoms with E-state index in [0.717, 1.165) is 0 Å². The van der Waals surface area contributed by atoms with Crippen LogP contribution in [-0.4, -0.2) is 36.5 Å². The van der Waals surface area contributed by atoms with Crippen molar-refractivity contribution < 1.29 is 45.5 Å². The average Bonchev–Trinajstić information content (AvgIpc) is 2.81. The van der Waals surface area contributed by atoms with Gasteiger partial charge in [0.1, 0.15) is 0 Å². The number of hydrogen-bond acceptors (Lipinski definition) is 4. The number of carbonyl (C=O) groups is 3. The quantitative estimate of drug-likeness (QED) is 0.395. The smallest absolute Gasteiger partial charge is 0.416 e. The van der Waals surface area contributed by atoms with E-state index in [1.807, 2.05) is 0 Å². The number of allylic oxidation sites excluding steroid dienone is 1. The van der Waals surface area contributed by atoms with Crippen molar-refractivity contribution in [3.63, 3.8) is 0 Å². The van der Waals surface area contributed by atoms with Crippen LogP contribution >= 0.6 is 0 Å². The molecule has 0 spiro atoms. The van der Waals surface area contributed by atoms with Crippen LogP contribution in [0.5, 0.6) is 0 Å². The number of rotatable bonds is 5. The molecule has 198 valence electrons. The van der Waals surface area contributed by atoms with E-state index in [4.69, 9.17) is 4.74 Å². The summed E-state index contributed by atoms with van der Waals surface area (Å²) in [4.78, 5) is 38.8. The van der Waals surface area contributed by atoms with E-state index in [1.54, 1.807) is 6.92 Å². The van der Waals surface area contributed by atoms with Gasteiger partial charge < -0.3 is 20.3 Å². The molecule has 1 unspecified atom stereocenters. The lowest BCUT2D eigenvalue weighted by Gasteiger charge is -2.33. The molecule has 0 bridgehead atoms. The van der Waals surface area contributed by atoms with Gasteiger partial charge in [-0.25, -0.2) is 9.59 Å². The van der Waals surface area contributed by atoms with Gasteiger partial charge in [0.05, 0.1) is 29.3 Å². The zero-order valence-electron chi connectivity index (χ0n) is 19.7. The number of amides is 3. The van der Waals surface area contributed by atoms with Crippen LogP contribution in [0.25, 0.3) is 0 Å². The number of hydrogen-bond donors (Lipinski definition) is 2. The Hall–Kier alpha value is -4.03. The van der Waals surface area contributed by atoms with Gasteiger partial charge in [0.2, 0.25) is 0 Å². The Balaban J connectivity index is 1.97. The minimum Gasteiger partial charge on any atom is -0.463 e. The highest BCUT2D eigenvalue weighted by Crippen LogP contribution is 2.37. The molecule has 2 N–H and O–H groups in total. The third-order valence-corrected chi connectivity index (χ3v) is 5.58. The molecule has 0 aromatic heterocycles. The summed E-state index contributed by atoms with van der Waals surface area (Å²) in [6.07, 6.45) is -10.2. The molecule has 0 saturated heterocycles. The molecule has 7 nitrogen and oxygen atoms in total. The number of urea groups is 1. The number of esters is 1. The van der Waals surface area contributed by atoms with Crippen molar-refractivity contribution in [3.8, 4) is 0 Å². The molecule has 1 aliphatic rings. The van der Waals surface area contributed by atoms with Gasteiger partial charge in [-0.3, -0.25) is 4.79 Å². The van der Waals surface area contributed by atoms with Gasteiger partial charge >= 0.3 is 24.4 Å². The van der Waals surface area contributed by atoms with Crippen molar-refractivity contribution in [1.29, 1.82) is 0 Å². The molecular formula is C24H21F6N3O4. The zero-order valence-corrected chi connectivity index (χ0v) is 19.7. The highest BCUT2D eigenvalue weighted by molar-refractivity contribution is 6.04. The number of alkyl halides is 6. The average molecular weight is 529 g/mol. The second-order valence-electron chi connectivity index (χ2n) is 8.04. The van der Waals surface area contributed by atoms with Gasteiger partial charge in [0.15, 0.2) is 0 Å². The van der Waals surface area contributed by atoms with Crippen LogP contribution < -0.4 is 10.6 Å². The molecule has 0 radical (unpaired) electrons. The van der Waals surface area contributed by atoms with Crippen LogP contribution in [-0.2, 0) is 21.9 Å². The lowest BCUT2D eigenvalue weighted by molar-refractivity contribution is -0.143. The molecule has 0 aliphatic carbocycles. The predicted molar refractivity (Wildman–Crippen MR) is 119 cm³/mol. The van der Waals surface area contributed by atoms with Gasteiger partial charge in [-0.15, -0.1) is 0 Å². The van der Waals surface area contributed by atoms with E-state index in [-0.39, 0.29) is 23.9 Å². The number of anilines is 1. The Morgan fingerprint density at radius 3 is 2.16 bits per heavy atom. The maximum Gasteiger partial charge on any atom is 0.416 e. The van der Waals surface area contributed by atoms with Crippen LogP contribution in [0.2, 0.25) is 0 Å². The van der Waals surface area contributed by atoms with Crippen LogP contribution in [0.1, 0.15) is 46.9 Å². The largest absolute Gasteiger partial charge is 0.463 e. The van der Waals surface area contributed by atoms with Crippen LogP contribution in [0.15, 0.2) is 53.7 Å². The SMILES string of the molecule is CCOC(=O)C1=C(C)N(C)C(=O)NC1c1cccc(NC(=O)c2cc(C(F)(F)F)cc(C(F)(F)F)c2)c1. The van der Waals surface area contributed by atoms with E-state index in [0.29, 0.717) is 23.4 Å². The fourth-order valence-electron chi connectivity index (χ4n) is 3.64. The first-order chi connectivity index (χ1) is 17.1. The van der Waals surface area contributed by atoms with Crippen molar-refractivity contribution in [2.24, 2.45) is 0 Å². The number of ether oxygens (including phenoxy) is 1. The zero-order chi connectivity index (χ0) is 27.7. The van der Waals surface area contributed by atoms with Gasteiger partial charge in [-0.05, 0) is 49.7 Å². The fourth-order valence-corrected chi connectivity index (χ4v) is 3.64. The number of carbonyl (C=O) groups excluding carboxylic acids is 3. The van der Waals surface area contributed by atoms with Gasteiger partial charge in [0, 0.05) is 24.0 Å². The van der Waals surface area contributed by atoms with Crippen LogP contribution in [0, 0.1) is 0 Å². The molecule has 1 heterocycles. The predicted octanol–water partition coefficient (Wildman–Crippen LogP) is 5.51. The first-order valence-corrected chi connectivity index (χ1v) is 10.8. The molecule has 37 heavy (non-hydrogen) atoms. The molecule has 2 aromatic rings. The fraction of sp³-hybridized carbons (Fsp3) is 0.292. The molecule has 0 fully saturated rings. The van der Waals surface area contributed by atoms with E-state index in [9.17, 15) is 40.7 Å². The Morgan fingerprint density at radius 1 is 1.03 bits per heavy atom. The summed E-state index contributed by atoms with van der Waals surface area (Å²) in [5, 5.41) is 4.89. The van der Waals surface area contributed by atoms with E-state index in [2.05, 4.69) is 10.6 Å². The Labute approximate surface area is 207 Å². The van der Waals surface area contributed by atoms with Gasteiger partial charge in [-0.2, -0.15) is 26.3 Å². The maximum atomic E-state index is 13.2. The highest BCUT2D eigenvalue weighted by Gasteiger charge is 2.38. The molecule has 3 rings (SSSR count). The molecule has 1 atom stereocenters. The molecule has 2 aromatic carbocycles. The minimum absolute atomic E-state index is 0.00232. The van der Waals surface area contributed by atoms with Crippen molar-refractivity contribution in [2.75, 3.05) is 19.0 Å². The summed E-state index contributed by atoms with van der Waals surface area (Å²) in [6.45, 7) is 3.20. The monoisotopic (exact) mass is 529 g/mol. The molecular weight excluding hydrogens is 508 g/mol. The summed E-state index contributed by atoms with van der Waals surface area (Å²) in [6, 6.07) is 4.65. The number of nitrogens with one attached hydrogen (secondary N) is 2. The molecule has 13 heteroatoms. The summed E-state index contributed by atoms with van der Waals surface area (Å²) in [5.41, 5.74) is -3.39. The van der Waals surface area contributed by atoms with E-state index >= 15 is 0 Å². The van der Waals surface area contributed by atoms with Gasteiger partial charge in [-0.1, -0.05) is 12.1 Å². The summed E-state index contributed by atoms with van der Waals surface area (Å²) in [7, 11) is 1.45. The second kappa shape index (κ2) is 10.1. The summed E-state index contributed by atoms with van der Waals surface area (Å²) < 4.78 is 84.0. The van der Waals surface area contributed by atoms with Crippen molar-refractivity contribution in [2.45, 2.75) is 32.2 Å². The Morgan fingerprint density at radius 2 is 1.62 bits per heavy atom. The molecule has 0 saturated carbocycles. The second-order valence-corrected chi connectivity index (χ2v) is 8.04. The summed E-state index contributed by atoms with van der Waals surface area (Å²) in [5.74, 6) is -1.92. The van der Waals surface area contributed by atoms with Crippen molar-refractivity contribution in [1.82, 2.24) is 10.2 Å². The standard InChI is InChI=1S/C24H21F6N3O4/c1-4-37-21(35)18-12(2)33(3)22(36)32-19(18)13-6-5-7-17(10-13)31-20(34)14-8-15(23(25,26)27)11-16(9-14)24(28,29)30/h5-11,19H,4H2,1-3H3,(H,31,34)(H,32,36). The number of nitrogens with zero attached hydrogens (tertiary/aromatic N) is 1. The maximum absolute atomic E-state index is 13.2. The third-order valence-electron chi connectivity index (χ3n) is 5.58. The van der Waals surface area contributed by atoms with E-state index in [1.165, 1.54) is 43.1 Å². The van der Waals surface area contributed by atoms with Crippen LogP contribution in [0.4, 0.5) is 36.8 Å². The topological polar surface area (TPSA) is 87.7 Å². The van der Waals surface area contributed by atoms with E-state index < -0.39 is 53.0 Å². The first-order valence-electron chi connectivity index (χ1n) is 10.8. The lowest BCUT2D eigenvalue weighted by atomic mass is 9.94. The highest BCUT2D eigenvalue weighted by atomic mass is 19.4. The van der Waals surface area contributed by atoms with Crippen LogP contribution in [0.3, 0.4) is 0 Å². The molecule has 1 aliphatic heterocycles. The lowest BCUT2D eigenvalue weighted by Crippen LogP contribution is -2.46. The number of halogens is 6. The third kappa shape index (κ3) is 6.04. The van der Waals surface area contributed by atoms with Gasteiger partial charge in [0.25, 0.3) is 5.91 Å². The minimum atomic E-state index is -5.11. The molecule has 3 amide bonds. The van der Waals surface area contributed by atoms with Crippen molar-refractivity contribution >= 4 is 23.6 Å². The Bertz CT molecular complexity index is 1240. The van der Waals surface area contributed by atoms with Crippen molar-refractivity contribution in [3.05, 3.63) is 76.0 Å². The number of benzene rings is 2. The first kappa shape index (κ1) is 27.6. The Kier molecular flexibility index (Phi) is 7.56. The summed E-state index contributed by atoms with van der Waals surface area (Å²) >= 11 is 0.